The number of hydrogen-bond donors (Lipinski definition) is 1. The molecule has 3 heterocycles. The number of benzene rings is 1. The molecule has 4 rings (SSSR count). The molecule has 0 bridgehead atoms. The first kappa shape index (κ1) is 12.8. The topological polar surface area (TPSA) is 77.6 Å². The predicted octanol–water partition coefficient (Wildman–Crippen LogP) is 2.18. The Balaban J connectivity index is 1.55. The standard InChI is InChI=1S/C15H14N6O/c22-13-2-1-8-21-14(13)18-15(19-21)17-11-3-5-12(6-4-11)20-9-7-16-10-20/h3-7,9-10H,1-2,8H2,(H,17,19). The van der Waals surface area contributed by atoms with Gasteiger partial charge in [-0.3, -0.25) is 4.79 Å². The first-order valence-electron chi connectivity index (χ1n) is 7.13. The molecule has 1 aliphatic rings. The number of anilines is 2. The van der Waals surface area contributed by atoms with Crippen LogP contribution in [-0.4, -0.2) is 30.1 Å². The van der Waals surface area contributed by atoms with E-state index >= 15 is 0 Å². The molecule has 110 valence electrons. The number of nitrogens with zero attached hydrogens (tertiary/aromatic N) is 5. The van der Waals surface area contributed by atoms with Gasteiger partial charge in [0.25, 0.3) is 0 Å². The maximum absolute atomic E-state index is 11.8. The summed E-state index contributed by atoms with van der Waals surface area (Å²) in [7, 11) is 0. The smallest absolute Gasteiger partial charge is 0.247 e. The summed E-state index contributed by atoms with van der Waals surface area (Å²) in [4.78, 5) is 20.1. The van der Waals surface area contributed by atoms with Gasteiger partial charge in [0.05, 0.1) is 6.33 Å². The van der Waals surface area contributed by atoms with E-state index in [1.165, 1.54) is 0 Å². The molecular formula is C15H14N6O. The molecule has 0 radical (unpaired) electrons. The van der Waals surface area contributed by atoms with Crippen LogP contribution < -0.4 is 5.32 Å². The average Bonchev–Trinajstić information content (AvgIpc) is 3.18. The van der Waals surface area contributed by atoms with Crippen molar-refractivity contribution in [2.75, 3.05) is 5.32 Å². The van der Waals surface area contributed by atoms with Crippen LogP contribution in [-0.2, 0) is 6.54 Å². The lowest BCUT2D eigenvalue weighted by molar-refractivity contribution is 0.0946. The second-order valence-corrected chi connectivity index (χ2v) is 5.15. The Morgan fingerprint density at radius 3 is 2.77 bits per heavy atom. The first-order valence-corrected chi connectivity index (χ1v) is 7.13. The molecule has 0 atom stereocenters. The van der Waals surface area contributed by atoms with E-state index in [2.05, 4.69) is 20.4 Å². The maximum atomic E-state index is 11.8. The van der Waals surface area contributed by atoms with Gasteiger partial charge in [-0.2, -0.15) is 4.98 Å². The van der Waals surface area contributed by atoms with E-state index in [-0.39, 0.29) is 5.78 Å². The zero-order chi connectivity index (χ0) is 14.9. The van der Waals surface area contributed by atoms with Crippen molar-refractivity contribution >= 4 is 17.4 Å². The monoisotopic (exact) mass is 294 g/mol. The van der Waals surface area contributed by atoms with Crippen LogP contribution in [0.3, 0.4) is 0 Å². The number of carbonyl (C=O) groups is 1. The van der Waals surface area contributed by atoms with Crippen molar-refractivity contribution in [2.45, 2.75) is 19.4 Å². The Labute approximate surface area is 126 Å². The Kier molecular flexibility index (Phi) is 2.96. The molecule has 7 heteroatoms. The van der Waals surface area contributed by atoms with Gasteiger partial charge >= 0.3 is 0 Å². The fourth-order valence-corrected chi connectivity index (χ4v) is 2.52. The number of ketones is 1. The highest BCUT2D eigenvalue weighted by molar-refractivity contribution is 5.93. The van der Waals surface area contributed by atoms with Crippen molar-refractivity contribution in [1.82, 2.24) is 24.3 Å². The first-order chi connectivity index (χ1) is 10.8. The Hall–Kier alpha value is -2.96. The summed E-state index contributed by atoms with van der Waals surface area (Å²) in [5, 5.41) is 7.46. The highest BCUT2D eigenvalue weighted by atomic mass is 16.1. The summed E-state index contributed by atoms with van der Waals surface area (Å²) in [6, 6.07) is 7.84. The van der Waals surface area contributed by atoms with Crippen LogP contribution in [0.1, 0.15) is 23.5 Å². The van der Waals surface area contributed by atoms with Crippen molar-refractivity contribution in [1.29, 1.82) is 0 Å². The van der Waals surface area contributed by atoms with E-state index in [1.54, 1.807) is 17.2 Å². The van der Waals surface area contributed by atoms with E-state index in [1.807, 2.05) is 35.0 Å². The third-order valence-electron chi connectivity index (χ3n) is 3.62. The summed E-state index contributed by atoms with van der Waals surface area (Å²) in [6.07, 6.45) is 6.76. The number of aryl methyl sites for hydroxylation is 1. The molecular weight excluding hydrogens is 280 g/mol. The summed E-state index contributed by atoms with van der Waals surface area (Å²) >= 11 is 0. The number of aromatic nitrogens is 5. The highest BCUT2D eigenvalue weighted by Crippen LogP contribution is 2.19. The van der Waals surface area contributed by atoms with Crippen LogP contribution in [0.25, 0.3) is 5.69 Å². The minimum absolute atomic E-state index is 0.0576. The van der Waals surface area contributed by atoms with Gasteiger partial charge in [0, 0.05) is 36.7 Å². The van der Waals surface area contributed by atoms with E-state index in [0.29, 0.717) is 18.2 Å². The second kappa shape index (κ2) is 5.10. The Morgan fingerprint density at radius 2 is 2.05 bits per heavy atom. The molecule has 1 aliphatic heterocycles. The van der Waals surface area contributed by atoms with E-state index < -0.39 is 0 Å². The van der Waals surface area contributed by atoms with Crippen LogP contribution in [0.15, 0.2) is 43.0 Å². The largest absolute Gasteiger partial charge is 0.323 e. The number of rotatable bonds is 3. The number of nitrogens with one attached hydrogen (secondary N) is 1. The van der Waals surface area contributed by atoms with Crippen molar-refractivity contribution in [3.8, 4) is 5.69 Å². The predicted molar refractivity (Wildman–Crippen MR) is 80.4 cm³/mol. The van der Waals surface area contributed by atoms with Crippen molar-refractivity contribution in [3.63, 3.8) is 0 Å². The van der Waals surface area contributed by atoms with Crippen molar-refractivity contribution in [2.24, 2.45) is 0 Å². The lowest BCUT2D eigenvalue weighted by Gasteiger charge is -2.08. The SMILES string of the molecule is O=C1CCCn2nc(Nc3ccc(-n4ccnc4)cc3)nc21. The molecule has 22 heavy (non-hydrogen) atoms. The number of carbonyl (C=O) groups excluding carboxylic acids is 1. The zero-order valence-corrected chi connectivity index (χ0v) is 11.8. The number of hydrogen-bond acceptors (Lipinski definition) is 5. The van der Waals surface area contributed by atoms with Crippen LogP contribution >= 0.6 is 0 Å². The lowest BCUT2D eigenvalue weighted by Crippen LogP contribution is -2.17. The summed E-state index contributed by atoms with van der Waals surface area (Å²) < 4.78 is 3.60. The zero-order valence-electron chi connectivity index (χ0n) is 11.8. The van der Waals surface area contributed by atoms with E-state index in [4.69, 9.17) is 0 Å². The molecule has 2 aromatic heterocycles. The van der Waals surface area contributed by atoms with Gasteiger partial charge in [-0.15, -0.1) is 5.10 Å². The van der Waals surface area contributed by atoms with Gasteiger partial charge in [0.2, 0.25) is 5.95 Å². The lowest BCUT2D eigenvalue weighted by atomic mass is 10.1. The molecule has 0 saturated heterocycles. The molecule has 3 aromatic rings. The minimum atomic E-state index is 0.0576. The van der Waals surface area contributed by atoms with Crippen LogP contribution in [0, 0.1) is 0 Å². The van der Waals surface area contributed by atoms with Gasteiger partial charge in [-0.25, -0.2) is 9.67 Å². The van der Waals surface area contributed by atoms with Crippen LogP contribution in [0.4, 0.5) is 11.6 Å². The normalized spacial score (nSPS) is 13.9. The fourth-order valence-electron chi connectivity index (χ4n) is 2.52. The molecule has 0 amide bonds. The maximum Gasteiger partial charge on any atom is 0.247 e. The van der Waals surface area contributed by atoms with E-state index in [9.17, 15) is 4.79 Å². The van der Waals surface area contributed by atoms with Gasteiger partial charge in [0.15, 0.2) is 11.6 Å². The van der Waals surface area contributed by atoms with Gasteiger partial charge in [-0.05, 0) is 30.7 Å². The molecule has 0 spiro atoms. The third kappa shape index (κ3) is 2.26. The minimum Gasteiger partial charge on any atom is -0.323 e. The van der Waals surface area contributed by atoms with Gasteiger partial charge in [0.1, 0.15) is 0 Å². The van der Waals surface area contributed by atoms with Crippen LogP contribution in [0.5, 0.6) is 0 Å². The molecule has 0 aliphatic carbocycles. The molecule has 0 fully saturated rings. The Morgan fingerprint density at radius 1 is 1.18 bits per heavy atom. The second-order valence-electron chi connectivity index (χ2n) is 5.15. The van der Waals surface area contributed by atoms with E-state index in [0.717, 1.165) is 24.3 Å². The quantitative estimate of drug-likeness (QED) is 0.801. The molecule has 0 unspecified atom stereocenters. The molecule has 7 nitrogen and oxygen atoms in total. The molecule has 1 N–H and O–H groups in total. The number of Topliss-reactive ketones (excluding diaryl/α,β-unsaturated/α-hetero) is 1. The summed E-state index contributed by atoms with van der Waals surface area (Å²) in [5.74, 6) is 0.965. The summed E-state index contributed by atoms with van der Waals surface area (Å²) in [6.45, 7) is 0.745. The molecule has 0 saturated carbocycles. The Bertz CT molecular complexity index is 803. The number of imidazole rings is 1. The van der Waals surface area contributed by atoms with Gasteiger partial charge in [-0.1, -0.05) is 0 Å². The van der Waals surface area contributed by atoms with Crippen molar-refractivity contribution < 1.29 is 4.79 Å². The fraction of sp³-hybridized carbons (Fsp3) is 0.200. The summed E-state index contributed by atoms with van der Waals surface area (Å²) in [5.41, 5.74) is 1.90. The average molecular weight is 294 g/mol. The number of fused-ring (bicyclic) bond motifs is 1. The van der Waals surface area contributed by atoms with Crippen LogP contribution in [0.2, 0.25) is 0 Å². The highest BCUT2D eigenvalue weighted by Gasteiger charge is 2.21. The van der Waals surface area contributed by atoms with Gasteiger partial charge < -0.3 is 9.88 Å². The third-order valence-corrected chi connectivity index (χ3v) is 3.62. The van der Waals surface area contributed by atoms with Crippen molar-refractivity contribution in [3.05, 3.63) is 48.8 Å². The molecule has 1 aromatic carbocycles.